The van der Waals surface area contributed by atoms with Gasteiger partial charge >= 0.3 is 0 Å². The van der Waals surface area contributed by atoms with Crippen LogP contribution in [0.1, 0.15) is 11.3 Å². The molecule has 130 valence electrons. The topological polar surface area (TPSA) is 41.8 Å². The summed E-state index contributed by atoms with van der Waals surface area (Å²) < 4.78 is 6.03. The average Bonchev–Trinajstić information content (AvgIpc) is 3.29. The predicted molar refractivity (Wildman–Crippen MR) is 120 cm³/mol. The van der Waals surface area contributed by atoms with Crippen molar-refractivity contribution in [1.29, 1.82) is 0 Å². The summed E-state index contributed by atoms with van der Waals surface area (Å²) >= 11 is 0. The van der Waals surface area contributed by atoms with Gasteiger partial charge in [-0.25, -0.2) is 4.98 Å². The van der Waals surface area contributed by atoms with Crippen molar-refractivity contribution in [2.24, 2.45) is 0 Å². The Hall–Kier alpha value is -2.45. The number of hydrogen-bond acceptors (Lipinski definition) is 2. The van der Waals surface area contributed by atoms with Crippen LogP contribution < -0.4 is 5.30 Å². The molecule has 0 spiro atoms. The van der Waals surface area contributed by atoms with E-state index in [0.29, 0.717) is 22.9 Å². The van der Waals surface area contributed by atoms with E-state index in [0.717, 1.165) is 27.8 Å². The summed E-state index contributed by atoms with van der Waals surface area (Å²) in [6.45, 7) is 2.00. The summed E-state index contributed by atoms with van der Waals surface area (Å²) in [7, 11) is 20.1. The Morgan fingerprint density at radius 1 is 0.929 bits per heavy atom. The summed E-state index contributed by atoms with van der Waals surface area (Å²) in [5.41, 5.74) is 4.39. The van der Waals surface area contributed by atoms with E-state index in [4.69, 9.17) is 32.9 Å². The third-order valence-corrected chi connectivity index (χ3v) is 4.94. The van der Waals surface area contributed by atoms with E-state index >= 15 is 0 Å². The number of nitrogens with one attached hydrogen (secondary N) is 1. The molecule has 1 unspecified atom stereocenters. The fraction of sp³-hybridized carbons (Fsp3) is 0.0952. The molecule has 0 amide bonds. The second kappa shape index (κ2) is 7.18. The van der Waals surface area contributed by atoms with E-state index in [2.05, 4.69) is 14.2 Å². The van der Waals surface area contributed by atoms with E-state index in [1.165, 1.54) is 0 Å². The maximum atomic E-state index is 6.03. The van der Waals surface area contributed by atoms with Crippen molar-refractivity contribution in [3.05, 3.63) is 71.9 Å². The molecule has 2 aromatic carbocycles. The van der Waals surface area contributed by atoms with Gasteiger partial charge in [-0.05, 0) is 30.4 Å². The maximum Gasteiger partial charge on any atom is 0.174 e. The SMILES string of the molecule is [B]C([B])([B])c1cccc(-c2ccc(-c3nc(-c4ccc(P)cc4)c(C)[nH]3)o2)c1. The lowest BCUT2D eigenvalue weighted by atomic mass is 9.40. The van der Waals surface area contributed by atoms with Crippen molar-refractivity contribution in [3.8, 4) is 34.2 Å². The van der Waals surface area contributed by atoms with Crippen LogP contribution in [0, 0.1) is 6.92 Å². The Balaban J connectivity index is 1.67. The highest BCUT2D eigenvalue weighted by molar-refractivity contribution is 7.27. The first kappa shape index (κ1) is 18.9. The van der Waals surface area contributed by atoms with Gasteiger partial charge in [0.05, 0.1) is 29.2 Å². The second-order valence-corrected chi connectivity index (χ2v) is 7.53. The van der Waals surface area contributed by atoms with E-state index in [-0.39, 0.29) is 0 Å². The molecule has 0 aliphatic rings. The van der Waals surface area contributed by atoms with Gasteiger partial charge in [0.2, 0.25) is 0 Å². The zero-order chi connectivity index (χ0) is 19.9. The number of aromatic amines is 1. The number of hydrogen-bond donors (Lipinski definition) is 1. The number of benzene rings is 2. The number of H-pyrrole nitrogens is 1. The number of nitrogens with zero attached hydrogens (tertiary/aromatic N) is 1. The minimum absolute atomic E-state index is 0.622. The van der Waals surface area contributed by atoms with Crippen LogP contribution in [-0.4, -0.2) is 33.5 Å². The largest absolute Gasteiger partial charge is 0.453 e. The van der Waals surface area contributed by atoms with Crippen LogP contribution in [0.2, 0.25) is 0 Å². The van der Waals surface area contributed by atoms with Crippen molar-refractivity contribution in [3.63, 3.8) is 0 Å². The third-order valence-electron chi connectivity index (χ3n) is 4.56. The van der Waals surface area contributed by atoms with Gasteiger partial charge in [-0.15, -0.1) is 14.4 Å². The van der Waals surface area contributed by atoms with Crippen LogP contribution in [0.25, 0.3) is 34.2 Å². The molecule has 2 aromatic heterocycles. The fourth-order valence-electron chi connectivity index (χ4n) is 3.06. The van der Waals surface area contributed by atoms with Crippen LogP contribution in [0.5, 0.6) is 0 Å². The van der Waals surface area contributed by atoms with Gasteiger partial charge in [0, 0.05) is 16.8 Å². The van der Waals surface area contributed by atoms with E-state index in [1.54, 1.807) is 6.07 Å². The molecule has 1 N–H and O–H groups in total. The van der Waals surface area contributed by atoms with Crippen molar-refractivity contribution in [2.75, 3.05) is 0 Å². The molecule has 7 heteroatoms. The molecule has 3 nitrogen and oxygen atoms in total. The van der Waals surface area contributed by atoms with Gasteiger partial charge in [0.25, 0.3) is 0 Å². The second-order valence-electron chi connectivity index (χ2n) is 6.86. The maximum absolute atomic E-state index is 6.03. The van der Waals surface area contributed by atoms with Gasteiger partial charge in [0.15, 0.2) is 11.6 Å². The molecular formula is C21H16B3N2OP. The molecule has 2 heterocycles. The first-order valence-electron chi connectivity index (χ1n) is 8.81. The molecular weight excluding hydrogens is 360 g/mol. The smallest absolute Gasteiger partial charge is 0.174 e. The van der Waals surface area contributed by atoms with Crippen LogP contribution in [0.3, 0.4) is 0 Å². The predicted octanol–water partition coefficient (Wildman–Crippen LogP) is 3.43. The average molecular weight is 376 g/mol. The standard InChI is InChI=1S/C21H16B3N2OP/c1-12-19(13-5-7-16(28)8-6-13)26-20(25-12)18-10-9-17(27-18)14-3-2-4-15(11-14)21(22,23)24/h2-11H,28H2,1H3,(H,25,26). The van der Waals surface area contributed by atoms with Gasteiger partial charge in [-0.1, -0.05) is 48.0 Å². The normalized spacial score (nSPS) is 11.6. The molecule has 0 aliphatic heterocycles. The molecule has 0 saturated heterocycles. The molecule has 0 aliphatic carbocycles. The Kier molecular flexibility index (Phi) is 4.85. The molecule has 0 fully saturated rings. The molecule has 6 radical (unpaired) electrons. The number of imidazole rings is 1. The quantitative estimate of drug-likeness (QED) is 0.438. The van der Waals surface area contributed by atoms with E-state index in [1.807, 2.05) is 61.5 Å². The van der Waals surface area contributed by atoms with Crippen LogP contribution in [0.4, 0.5) is 0 Å². The first-order chi connectivity index (χ1) is 13.3. The Morgan fingerprint density at radius 2 is 1.64 bits per heavy atom. The molecule has 0 saturated carbocycles. The zero-order valence-corrected chi connectivity index (χ0v) is 16.6. The summed E-state index contributed by atoms with van der Waals surface area (Å²) in [6, 6.07) is 19.3. The monoisotopic (exact) mass is 376 g/mol. The zero-order valence-electron chi connectivity index (χ0n) is 15.4. The molecule has 28 heavy (non-hydrogen) atoms. The highest BCUT2D eigenvalue weighted by atomic mass is 31.0. The fourth-order valence-corrected chi connectivity index (χ4v) is 3.25. The minimum Gasteiger partial charge on any atom is -0.453 e. The highest BCUT2D eigenvalue weighted by Crippen LogP contribution is 2.31. The highest BCUT2D eigenvalue weighted by Gasteiger charge is 2.16. The first-order valence-corrected chi connectivity index (χ1v) is 9.39. The summed E-state index contributed by atoms with van der Waals surface area (Å²) in [5, 5.41) is -0.267. The van der Waals surface area contributed by atoms with Crippen molar-refractivity contribution in [1.82, 2.24) is 9.97 Å². The molecule has 4 aromatic rings. The Bertz CT molecular complexity index is 1130. The van der Waals surface area contributed by atoms with Crippen LogP contribution >= 0.6 is 9.24 Å². The lowest BCUT2D eigenvalue weighted by molar-refractivity contribution is 0.593. The van der Waals surface area contributed by atoms with E-state index in [9.17, 15) is 0 Å². The Morgan fingerprint density at radius 3 is 2.36 bits per heavy atom. The summed E-state index contributed by atoms with van der Waals surface area (Å²) in [4.78, 5) is 8.03. The van der Waals surface area contributed by atoms with E-state index < -0.39 is 5.11 Å². The third kappa shape index (κ3) is 3.75. The number of rotatable bonds is 4. The van der Waals surface area contributed by atoms with Crippen molar-refractivity contribution in [2.45, 2.75) is 12.0 Å². The number of aryl methyl sites for hydroxylation is 1. The lowest BCUT2D eigenvalue weighted by Crippen LogP contribution is -2.26. The lowest BCUT2D eigenvalue weighted by Gasteiger charge is -2.20. The molecule has 0 bridgehead atoms. The Labute approximate surface area is 170 Å². The molecule has 1 atom stereocenters. The van der Waals surface area contributed by atoms with Gasteiger partial charge in [-0.2, -0.15) is 0 Å². The van der Waals surface area contributed by atoms with Gasteiger partial charge < -0.3 is 9.40 Å². The summed E-state index contributed by atoms with van der Waals surface area (Å²) in [6.07, 6.45) is 0. The van der Waals surface area contributed by atoms with Crippen LogP contribution in [-0.2, 0) is 5.11 Å². The van der Waals surface area contributed by atoms with Crippen molar-refractivity contribution < 1.29 is 4.42 Å². The number of furan rings is 1. The minimum atomic E-state index is -1.40. The molecule has 4 rings (SSSR count). The van der Waals surface area contributed by atoms with Crippen molar-refractivity contribution >= 4 is 38.1 Å². The van der Waals surface area contributed by atoms with Crippen LogP contribution in [0.15, 0.2) is 65.1 Å². The van der Waals surface area contributed by atoms with Gasteiger partial charge in [0.1, 0.15) is 5.76 Å². The number of aromatic nitrogens is 2. The van der Waals surface area contributed by atoms with Gasteiger partial charge in [-0.3, -0.25) is 0 Å². The summed E-state index contributed by atoms with van der Waals surface area (Å²) in [5.74, 6) is 2.01.